The first-order valence-corrected chi connectivity index (χ1v) is 6.62. The number of benzene rings is 2. The summed E-state index contributed by atoms with van der Waals surface area (Å²) in [6.07, 6.45) is 0. The lowest BCUT2D eigenvalue weighted by Gasteiger charge is -2.07. The minimum Gasteiger partial charge on any atom is -0.507 e. The number of aromatic hydroxyl groups is 3. The second kappa shape index (κ2) is 4.66. The molecule has 106 valence electrons. The van der Waals surface area contributed by atoms with Crippen molar-refractivity contribution >= 4 is 10.9 Å². The van der Waals surface area contributed by atoms with Crippen LogP contribution in [-0.2, 0) is 7.05 Å². The predicted octanol–water partition coefficient (Wildman–Crippen LogP) is 2.76. The molecule has 4 nitrogen and oxygen atoms in total. The van der Waals surface area contributed by atoms with Crippen molar-refractivity contribution in [2.75, 3.05) is 0 Å². The van der Waals surface area contributed by atoms with Crippen LogP contribution in [-0.4, -0.2) is 15.3 Å². The third-order valence-electron chi connectivity index (χ3n) is 3.70. The molecule has 1 heterocycles. The van der Waals surface area contributed by atoms with Gasteiger partial charge in [0.05, 0.1) is 17.0 Å². The van der Waals surface area contributed by atoms with Crippen LogP contribution in [0.2, 0.25) is 0 Å². The fourth-order valence-electron chi connectivity index (χ4n) is 2.54. The van der Waals surface area contributed by atoms with Crippen molar-refractivity contribution in [3.8, 4) is 28.5 Å². The summed E-state index contributed by atoms with van der Waals surface area (Å²) < 4.78 is 1.94. The van der Waals surface area contributed by atoms with E-state index in [0.29, 0.717) is 5.56 Å². The molecule has 0 unspecified atom stereocenters. The number of hydrogen-bond donors (Lipinski definition) is 3. The van der Waals surface area contributed by atoms with Crippen LogP contribution in [0.15, 0.2) is 42.5 Å². The molecule has 3 N–H and O–H groups in total. The molecule has 0 bridgehead atoms. The maximum absolute atomic E-state index is 10.3. The van der Waals surface area contributed by atoms with Gasteiger partial charge in [-0.2, -0.15) is 4.57 Å². The Morgan fingerprint density at radius 3 is 2.29 bits per heavy atom. The molecule has 21 heavy (non-hydrogen) atoms. The van der Waals surface area contributed by atoms with Gasteiger partial charge in [0.1, 0.15) is 12.8 Å². The minimum absolute atomic E-state index is 0.165. The second-order valence-corrected chi connectivity index (χ2v) is 5.20. The maximum Gasteiger partial charge on any atom is 0.216 e. The number of pyridine rings is 1. The summed E-state index contributed by atoms with van der Waals surface area (Å²) in [5, 5.41) is 30.1. The molecule has 0 spiro atoms. The fourth-order valence-corrected chi connectivity index (χ4v) is 2.54. The predicted molar refractivity (Wildman–Crippen MR) is 80.3 cm³/mol. The van der Waals surface area contributed by atoms with Crippen LogP contribution in [0.5, 0.6) is 17.2 Å². The number of aromatic nitrogens is 1. The highest BCUT2D eigenvalue weighted by Gasteiger charge is 2.18. The van der Waals surface area contributed by atoms with Crippen molar-refractivity contribution in [2.45, 2.75) is 6.92 Å². The Balaban J connectivity index is 2.31. The Kier molecular flexibility index (Phi) is 2.94. The van der Waals surface area contributed by atoms with E-state index in [1.165, 1.54) is 12.1 Å². The Labute approximate surface area is 122 Å². The molecule has 0 radical (unpaired) electrons. The zero-order chi connectivity index (χ0) is 15.1. The molecule has 0 saturated carbocycles. The van der Waals surface area contributed by atoms with Gasteiger partial charge in [-0.25, -0.2) is 0 Å². The highest BCUT2D eigenvalue weighted by atomic mass is 16.3. The molecule has 0 saturated heterocycles. The summed E-state index contributed by atoms with van der Waals surface area (Å²) in [6, 6.07) is 12.1. The number of phenols is 2. The quantitative estimate of drug-likeness (QED) is 0.475. The van der Waals surface area contributed by atoms with Crippen molar-refractivity contribution in [1.82, 2.24) is 0 Å². The SMILES string of the molecule is Cc1ccc2c(c1)c(O)cc(-c1ccc(O)c(O)c1)[n+]2C. The first kappa shape index (κ1) is 13.2. The minimum atomic E-state index is -0.184. The topological polar surface area (TPSA) is 64.6 Å². The summed E-state index contributed by atoms with van der Waals surface area (Å²) in [4.78, 5) is 0. The standard InChI is InChI=1S/C17H15NO3/c1-10-3-5-13-12(7-10)16(20)9-14(18(13)2)11-4-6-15(19)17(21)8-11/h3-9H,1-2H3,(H2,19,20,21)/p+1. The van der Waals surface area contributed by atoms with Crippen LogP contribution >= 0.6 is 0 Å². The lowest BCUT2D eigenvalue weighted by molar-refractivity contribution is -0.633. The zero-order valence-corrected chi connectivity index (χ0v) is 11.8. The van der Waals surface area contributed by atoms with E-state index in [0.717, 1.165) is 22.2 Å². The van der Waals surface area contributed by atoms with Crippen molar-refractivity contribution in [1.29, 1.82) is 0 Å². The van der Waals surface area contributed by atoms with Gasteiger partial charge in [0, 0.05) is 6.07 Å². The summed E-state index contributed by atoms with van der Waals surface area (Å²) in [6.45, 7) is 1.98. The molecule has 3 aromatic rings. The Morgan fingerprint density at radius 2 is 1.57 bits per heavy atom. The normalized spacial score (nSPS) is 11.0. The van der Waals surface area contributed by atoms with Crippen LogP contribution < -0.4 is 4.57 Å². The molecule has 0 aliphatic rings. The molecule has 0 amide bonds. The third-order valence-corrected chi connectivity index (χ3v) is 3.70. The number of rotatable bonds is 1. The Bertz CT molecular complexity index is 856. The number of nitrogens with zero attached hydrogens (tertiary/aromatic N) is 1. The summed E-state index contributed by atoms with van der Waals surface area (Å²) >= 11 is 0. The fraction of sp³-hybridized carbons (Fsp3) is 0.118. The van der Waals surface area contributed by atoms with Crippen LogP contribution in [0, 0.1) is 6.92 Å². The lowest BCUT2D eigenvalue weighted by Crippen LogP contribution is -2.32. The monoisotopic (exact) mass is 282 g/mol. The van der Waals surface area contributed by atoms with Crippen molar-refractivity contribution < 1.29 is 19.9 Å². The molecule has 0 fully saturated rings. The third kappa shape index (κ3) is 2.14. The van der Waals surface area contributed by atoms with E-state index in [9.17, 15) is 15.3 Å². The van der Waals surface area contributed by atoms with E-state index < -0.39 is 0 Å². The van der Waals surface area contributed by atoms with Gasteiger partial charge in [0.2, 0.25) is 11.2 Å². The van der Waals surface area contributed by atoms with Gasteiger partial charge in [-0.3, -0.25) is 0 Å². The van der Waals surface area contributed by atoms with Crippen molar-refractivity contribution in [3.05, 3.63) is 48.0 Å². The van der Waals surface area contributed by atoms with Crippen molar-refractivity contribution in [2.24, 2.45) is 7.05 Å². The van der Waals surface area contributed by atoms with E-state index in [2.05, 4.69) is 0 Å². The summed E-state index contributed by atoms with van der Waals surface area (Å²) in [5.74, 6) is -0.160. The average Bonchev–Trinajstić information content (AvgIpc) is 2.46. The van der Waals surface area contributed by atoms with Gasteiger partial charge in [-0.05, 0) is 36.8 Å². The van der Waals surface area contributed by atoms with Crippen LogP contribution in [0.25, 0.3) is 22.2 Å². The second-order valence-electron chi connectivity index (χ2n) is 5.20. The molecule has 1 aromatic heterocycles. The molecule has 3 rings (SSSR count). The van der Waals surface area contributed by atoms with E-state index in [1.54, 1.807) is 12.1 Å². The number of aryl methyl sites for hydroxylation is 2. The van der Waals surface area contributed by atoms with Crippen molar-refractivity contribution in [3.63, 3.8) is 0 Å². The van der Waals surface area contributed by atoms with Gasteiger partial charge >= 0.3 is 0 Å². The van der Waals surface area contributed by atoms with Crippen LogP contribution in [0.1, 0.15) is 5.56 Å². The largest absolute Gasteiger partial charge is 0.507 e. The number of fused-ring (bicyclic) bond motifs is 1. The summed E-state index contributed by atoms with van der Waals surface area (Å²) in [7, 11) is 1.90. The first-order chi connectivity index (χ1) is 9.97. The molecule has 0 aliphatic heterocycles. The molecule has 0 atom stereocenters. The Morgan fingerprint density at radius 1 is 0.810 bits per heavy atom. The van der Waals surface area contributed by atoms with Gasteiger partial charge in [0.15, 0.2) is 11.5 Å². The highest BCUT2D eigenvalue weighted by Crippen LogP contribution is 2.32. The van der Waals surface area contributed by atoms with E-state index >= 15 is 0 Å². The van der Waals surface area contributed by atoms with E-state index in [4.69, 9.17) is 0 Å². The average molecular weight is 282 g/mol. The van der Waals surface area contributed by atoms with Gasteiger partial charge < -0.3 is 15.3 Å². The van der Waals surface area contributed by atoms with E-state index in [-0.39, 0.29) is 17.2 Å². The summed E-state index contributed by atoms with van der Waals surface area (Å²) in [5.41, 5.74) is 3.43. The van der Waals surface area contributed by atoms with Crippen LogP contribution in [0.4, 0.5) is 0 Å². The molecule has 4 heteroatoms. The molecular weight excluding hydrogens is 266 g/mol. The smallest absolute Gasteiger partial charge is 0.216 e. The first-order valence-electron chi connectivity index (χ1n) is 6.62. The maximum atomic E-state index is 10.3. The zero-order valence-electron chi connectivity index (χ0n) is 11.8. The van der Waals surface area contributed by atoms with Gasteiger partial charge in [-0.1, -0.05) is 6.07 Å². The Hall–Kier alpha value is -2.75. The highest BCUT2D eigenvalue weighted by molar-refractivity contribution is 5.85. The van der Waals surface area contributed by atoms with E-state index in [1.807, 2.05) is 36.7 Å². The molecular formula is C17H16NO3+. The number of hydrogen-bond acceptors (Lipinski definition) is 3. The van der Waals surface area contributed by atoms with Gasteiger partial charge in [0.25, 0.3) is 0 Å². The van der Waals surface area contributed by atoms with Gasteiger partial charge in [-0.15, -0.1) is 0 Å². The van der Waals surface area contributed by atoms with Crippen LogP contribution in [0.3, 0.4) is 0 Å². The molecule has 2 aromatic carbocycles. The molecule has 0 aliphatic carbocycles. The number of phenolic OH excluding ortho intramolecular Hbond substituents is 2. The lowest BCUT2D eigenvalue weighted by atomic mass is 10.1.